The number of anilines is 3. The average molecular weight is 776 g/mol. The van der Waals surface area contributed by atoms with Crippen LogP contribution in [0, 0.1) is 0 Å². The first-order chi connectivity index (χ1) is 29.3. The average Bonchev–Trinajstić information content (AvgIpc) is 3.86. The van der Waals surface area contributed by atoms with Crippen molar-refractivity contribution in [1.82, 2.24) is 0 Å². The number of hydrogen-bond acceptors (Lipinski definition) is 2. The second kappa shape index (κ2) is 13.1. The van der Waals surface area contributed by atoms with Gasteiger partial charge in [0.25, 0.3) is 0 Å². The van der Waals surface area contributed by atoms with Crippen LogP contribution in [0.3, 0.4) is 0 Å². The monoisotopic (exact) mass is 775 g/mol. The van der Waals surface area contributed by atoms with E-state index in [0.29, 0.717) is 5.92 Å². The summed E-state index contributed by atoms with van der Waals surface area (Å²) >= 11 is 0. The van der Waals surface area contributed by atoms with Gasteiger partial charge in [0.05, 0.1) is 5.69 Å². The fourth-order valence-corrected chi connectivity index (χ4v) is 11.6. The summed E-state index contributed by atoms with van der Waals surface area (Å²) in [5.41, 5.74) is 19.8. The molecule has 3 aliphatic rings. The van der Waals surface area contributed by atoms with Gasteiger partial charge in [-0.15, -0.1) is 0 Å². The van der Waals surface area contributed by atoms with Crippen LogP contribution in [0.5, 0.6) is 0 Å². The fraction of sp³-hybridized carbons (Fsp3) is 0.207. The Morgan fingerprint density at radius 3 is 1.95 bits per heavy atom. The Balaban J connectivity index is 1.11. The molecule has 1 heterocycles. The Hall–Kier alpha value is -6.38. The number of hydrogen-bond donors (Lipinski definition) is 0. The molecule has 0 aliphatic heterocycles. The van der Waals surface area contributed by atoms with Crippen molar-refractivity contribution in [2.75, 3.05) is 4.90 Å². The molecule has 8 aromatic carbocycles. The topological polar surface area (TPSA) is 16.4 Å². The van der Waals surface area contributed by atoms with E-state index in [1.54, 1.807) is 0 Å². The third-order valence-corrected chi connectivity index (χ3v) is 14.7. The Bertz CT molecular complexity index is 3210. The second-order valence-electron chi connectivity index (χ2n) is 18.7. The maximum Gasteiger partial charge on any atom is 0.138 e. The van der Waals surface area contributed by atoms with Crippen LogP contribution >= 0.6 is 0 Å². The Morgan fingerprint density at radius 1 is 0.483 bits per heavy atom. The molecule has 1 saturated carbocycles. The maximum atomic E-state index is 7.01. The molecule has 12 rings (SSSR count). The zero-order chi connectivity index (χ0) is 40.3. The smallest absolute Gasteiger partial charge is 0.138 e. The molecule has 2 nitrogen and oxygen atoms in total. The lowest BCUT2D eigenvalue weighted by Gasteiger charge is -2.30. The van der Waals surface area contributed by atoms with Gasteiger partial charge in [0, 0.05) is 44.6 Å². The third-order valence-electron chi connectivity index (χ3n) is 14.7. The molecule has 0 radical (unpaired) electrons. The molecule has 3 aliphatic carbocycles. The van der Waals surface area contributed by atoms with E-state index in [1.807, 2.05) is 0 Å². The van der Waals surface area contributed by atoms with Gasteiger partial charge in [0.1, 0.15) is 11.2 Å². The Labute approximate surface area is 353 Å². The van der Waals surface area contributed by atoms with Crippen molar-refractivity contribution in [2.24, 2.45) is 0 Å². The summed E-state index contributed by atoms with van der Waals surface area (Å²) in [5.74, 6) is 0.558. The van der Waals surface area contributed by atoms with Crippen LogP contribution in [-0.4, -0.2) is 0 Å². The minimum atomic E-state index is -0.116. The van der Waals surface area contributed by atoms with Gasteiger partial charge in [0.15, 0.2) is 0 Å². The molecule has 1 fully saturated rings. The zero-order valence-corrected chi connectivity index (χ0v) is 35.0. The minimum Gasteiger partial charge on any atom is -0.456 e. The van der Waals surface area contributed by atoms with E-state index < -0.39 is 0 Å². The molecular formula is C58H49NO. The van der Waals surface area contributed by atoms with E-state index in [9.17, 15) is 0 Å². The molecule has 1 aromatic heterocycles. The Kier molecular flexibility index (Phi) is 7.74. The molecule has 0 amide bonds. The lowest BCUT2D eigenvalue weighted by molar-refractivity contribution is 0.442. The van der Waals surface area contributed by atoms with E-state index >= 15 is 0 Å². The van der Waals surface area contributed by atoms with Crippen LogP contribution in [0.15, 0.2) is 162 Å². The molecule has 9 aromatic rings. The first-order valence-corrected chi connectivity index (χ1v) is 22.0. The van der Waals surface area contributed by atoms with Crippen molar-refractivity contribution in [3.63, 3.8) is 0 Å². The van der Waals surface area contributed by atoms with E-state index in [-0.39, 0.29) is 10.8 Å². The van der Waals surface area contributed by atoms with Gasteiger partial charge >= 0.3 is 0 Å². The van der Waals surface area contributed by atoms with Gasteiger partial charge in [-0.05, 0) is 122 Å². The van der Waals surface area contributed by atoms with Crippen molar-refractivity contribution >= 4 is 49.8 Å². The van der Waals surface area contributed by atoms with Crippen LogP contribution in [0.25, 0.3) is 66.1 Å². The van der Waals surface area contributed by atoms with Gasteiger partial charge in [-0.25, -0.2) is 0 Å². The molecule has 0 atom stereocenters. The van der Waals surface area contributed by atoms with Gasteiger partial charge < -0.3 is 9.32 Å². The van der Waals surface area contributed by atoms with Crippen LogP contribution in [-0.2, 0) is 10.8 Å². The molecular weight excluding hydrogens is 727 g/mol. The molecule has 0 spiro atoms. The summed E-state index contributed by atoms with van der Waals surface area (Å²) in [4.78, 5) is 2.50. The van der Waals surface area contributed by atoms with E-state index in [4.69, 9.17) is 4.42 Å². The fourth-order valence-electron chi connectivity index (χ4n) is 11.6. The predicted octanol–water partition coefficient (Wildman–Crippen LogP) is 16.5. The molecule has 292 valence electrons. The minimum absolute atomic E-state index is 0.0819. The van der Waals surface area contributed by atoms with Crippen molar-refractivity contribution in [3.05, 3.63) is 186 Å². The molecule has 0 bridgehead atoms. The van der Waals surface area contributed by atoms with Crippen molar-refractivity contribution in [1.29, 1.82) is 0 Å². The number of benzene rings is 8. The van der Waals surface area contributed by atoms with Gasteiger partial charge in [-0.2, -0.15) is 0 Å². The van der Waals surface area contributed by atoms with Gasteiger partial charge in [0.2, 0.25) is 0 Å². The van der Waals surface area contributed by atoms with Crippen LogP contribution < -0.4 is 4.90 Å². The SMILES string of the molecule is CC1(C)c2ccccc2-c2cc(N(c3ccc4c(c3)oc3c(C5CCCCC5)cccc34)c3ccc4ccccc4c3-c3ccc4c(c3)C(C)(C)c3ccccc3-4)ccc21. The number of rotatable bonds is 5. The summed E-state index contributed by atoms with van der Waals surface area (Å²) in [7, 11) is 0. The van der Waals surface area contributed by atoms with Crippen LogP contribution in [0.4, 0.5) is 17.1 Å². The molecule has 0 saturated heterocycles. The van der Waals surface area contributed by atoms with Crippen molar-refractivity contribution in [2.45, 2.75) is 76.5 Å². The normalized spacial score (nSPS) is 16.2. The summed E-state index contributed by atoms with van der Waals surface area (Å²) in [6, 6.07) is 59.5. The molecule has 0 N–H and O–H groups in total. The number of furan rings is 1. The summed E-state index contributed by atoms with van der Waals surface area (Å²) in [6.45, 7) is 9.48. The predicted molar refractivity (Wildman–Crippen MR) is 252 cm³/mol. The van der Waals surface area contributed by atoms with Crippen molar-refractivity contribution < 1.29 is 4.42 Å². The van der Waals surface area contributed by atoms with Crippen LogP contribution in [0.1, 0.15) is 93.5 Å². The lowest BCUT2D eigenvalue weighted by atomic mass is 9.81. The van der Waals surface area contributed by atoms with Crippen molar-refractivity contribution in [3.8, 4) is 33.4 Å². The maximum absolute atomic E-state index is 7.01. The number of para-hydroxylation sites is 1. The first kappa shape index (κ1) is 35.6. The summed E-state index contributed by atoms with van der Waals surface area (Å²) in [6.07, 6.45) is 6.41. The van der Waals surface area contributed by atoms with E-state index in [2.05, 4.69) is 190 Å². The second-order valence-corrected chi connectivity index (χ2v) is 18.7. The molecule has 0 unspecified atom stereocenters. The quantitative estimate of drug-likeness (QED) is 0.173. The van der Waals surface area contributed by atoms with Gasteiger partial charge in [-0.1, -0.05) is 162 Å². The summed E-state index contributed by atoms with van der Waals surface area (Å²) in [5, 5.41) is 4.86. The molecule has 2 heteroatoms. The standard InChI is InChI=1S/C58H49NO/c1-57(2)50-24-13-11-20-44(50)48-34-39(28-31-51(48)57)59(40-27-30-46-47-22-14-21-42(36-15-6-5-7-16-36)56(47)60-54(46)35-40)53-32-26-37-17-8-9-18-41(37)55(53)38-25-29-45-43-19-10-12-23-49(43)58(3,4)52(45)33-38/h8-14,17-36H,5-7,15-16H2,1-4H3. The van der Waals surface area contributed by atoms with Gasteiger partial charge in [-0.3, -0.25) is 0 Å². The Morgan fingerprint density at radius 2 is 1.13 bits per heavy atom. The highest BCUT2D eigenvalue weighted by atomic mass is 16.3. The van der Waals surface area contributed by atoms with E-state index in [0.717, 1.165) is 28.2 Å². The number of nitrogens with zero attached hydrogens (tertiary/aromatic N) is 1. The highest BCUT2D eigenvalue weighted by Crippen LogP contribution is 2.54. The molecule has 60 heavy (non-hydrogen) atoms. The zero-order valence-electron chi connectivity index (χ0n) is 35.0. The third kappa shape index (κ3) is 5.13. The van der Waals surface area contributed by atoms with Crippen LogP contribution in [0.2, 0.25) is 0 Å². The highest BCUT2D eigenvalue weighted by Gasteiger charge is 2.37. The lowest BCUT2D eigenvalue weighted by Crippen LogP contribution is -2.16. The number of fused-ring (bicyclic) bond motifs is 10. The first-order valence-electron chi connectivity index (χ1n) is 22.0. The van der Waals surface area contributed by atoms with E-state index in [1.165, 1.54) is 115 Å². The summed E-state index contributed by atoms with van der Waals surface area (Å²) < 4.78 is 7.01. The largest absolute Gasteiger partial charge is 0.456 e. The highest BCUT2D eigenvalue weighted by molar-refractivity contribution is 6.09.